The lowest BCUT2D eigenvalue weighted by atomic mass is 9.99. The van der Waals surface area contributed by atoms with Gasteiger partial charge in [0.2, 0.25) is 0 Å². The quantitative estimate of drug-likeness (QED) is 0.654. The molecule has 0 saturated carbocycles. The van der Waals surface area contributed by atoms with Gasteiger partial charge < -0.3 is 9.84 Å². The Kier molecular flexibility index (Phi) is 2.91. The van der Waals surface area contributed by atoms with Crippen LogP contribution in [0.4, 0.5) is 0 Å². The van der Waals surface area contributed by atoms with E-state index in [1.165, 1.54) is 0 Å². The molecule has 1 rings (SSSR count). The van der Waals surface area contributed by atoms with Gasteiger partial charge in [-0.05, 0) is 19.8 Å². The summed E-state index contributed by atoms with van der Waals surface area (Å²) in [6.07, 6.45) is 4.12. The Morgan fingerprint density at radius 1 is 1.83 bits per heavy atom. The van der Waals surface area contributed by atoms with Crippen LogP contribution in [0.25, 0.3) is 0 Å². The third kappa shape index (κ3) is 1.87. The lowest BCUT2D eigenvalue weighted by Gasteiger charge is -2.23. The van der Waals surface area contributed by atoms with E-state index in [9.17, 15) is 0 Å². The standard InChI is InChI=1S/C10H18O2/c1-4-10(3)6-5-9(12-10)8(2)7-11/h4,8-9,11H,1,5-7H2,2-3H3/t8-,9+,10-/m0/s1. The van der Waals surface area contributed by atoms with Gasteiger partial charge in [-0.15, -0.1) is 6.58 Å². The highest BCUT2D eigenvalue weighted by Gasteiger charge is 2.35. The average Bonchev–Trinajstić information content (AvgIpc) is 2.48. The first-order valence-corrected chi connectivity index (χ1v) is 4.53. The SMILES string of the molecule is C=C[C@@]1(C)CC[C@H]([C@@H](C)CO)O1. The van der Waals surface area contributed by atoms with Gasteiger partial charge in [-0.1, -0.05) is 13.0 Å². The monoisotopic (exact) mass is 170 g/mol. The molecule has 1 heterocycles. The third-order valence-electron chi connectivity index (χ3n) is 2.70. The van der Waals surface area contributed by atoms with Crippen LogP contribution >= 0.6 is 0 Å². The van der Waals surface area contributed by atoms with E-state index in [2.05, 4.69) is 6.58 Å². The van der Waals surface area contributed by atoms with Crippen LogP contribution < -0.4 is 0 Å². The summed E-state index contributed by atoms with van der Waals surface area (Å²) in [5, 5.41) is 8.93. The molecule has 1 aliphatic rings. The molecule has 0 unspecified atom stereocenters. The molecule has 1 N–H and O–H groups in total. The Hall–Kier alpha value is -0.340. The fraction of sp³-hybridized carbons (Fsp3) is 0.800. The summed E-state index contributed by atoms with van der Waals surface area (Å²) in [5.41, 5.74) is -0.159. The zero-order valence-corrected chi connectivity index (χ0v) is 7.92. The van der Waals surface area contributed by atoms with Gasteiger partial charge in [0.05, 0.1) is 11.7 Å². The summed E-state index contributed by atoms with van der Waals surface area (Å²) in [7, 11) is 0. The molecule has 2 heteroatoms. The molecule has 0 aromatic carbocycles. The highest BCUT2D eigenvalue weighted by molar-refractivity contribution is 4.99. The van der Waals surface area contributed by atoms with Crippen LogP contribution in [0.15, 0.2) is 12.7 Å². The van der Waals surface area contributed by atoms with Crippen LogP contribution in [-0.2, 0) is 4.74 Å². The molecule has 0 spiro atoms. The molecule has 0 aromatic heterocycles. The molecule has 0 radical (unpaired) electrons. The number of hydrogen-bond donors (Lipinski definition) is 1. The Bertz CT molecular complexity index is 167. The van der Waals surface area contributed by atoms with Crippen molar-refractivity contribution in [1.82, 2.24) is 0 Å². The fourth-order valence-corrected chi connectivity index (χ4v) is 1.56. The molecule has 0 aliphatic carbocycles. The number of aliphatic hydroxyl groups is 1. The van der Waals surface area contributed by atoms with E-state index in [1.54, 1.807) is 0 Å². The Morgan fingerprint density at radius 3 is 2.92 bits per heavy atom. The van der Waals surface area contributed by atoms with E-state index in [0.29, 0.717) is 0 Å². The number of hydrogen-bond acceptors (Lipinski definition) is 2. The van der Waals surface area contributed by atoms with Crippen molar-refractivity contribution in [2.75, 3.05) is 6.61 Å². The minimum absolute atomic E-state index is 0.159. The second-order valence-electron chi connectivity index (χ2n) is 3.87. The van der Waals surface area contributed by atoms with Crippen LogP contribution in [0.5, 0.6) is 0 Å². The second-order valence-corrected chi connectivity index (χ2v) is 3.87. The summed E-state index contributed by atoms with van der Waals surface area (Å²) >= 11 is 0. The number of rotatable bonds is 3. The molecular formula is C10H18O2. The Morgan fingerprint density at radius 2 is 2.50 bits per heavy atom. The van der Waals surface area contributed by atoms with E-state index in [0.717, 1.165) is 12.8 Å². The third-order valence-corrected chi connectivity index (χ3v) is 2.70. The Labute approximate surface area is 74.2 Å². The minimum Gasteiger partial charge on any atom is -0.396 e. The van der Waals surface area contributed by atoms with Gasteiger partial charge in [-0.25, -0.2) is 0 Å². The van der Waals surface area contributed by atoms with Gasteiger partial charge in [0, 0.05) is 12.5 Å². The van der Waals surface area contributed by atoms with Crippen LogP contribution in [-0.4, -0.2) is 23.4 Å². The zero-order chi connectivity index (χ0) is 9.19. The van der Waals surface area contributed by atoms with Gasteiger partial charge in [-0.2, -0.15) is 0 Å². The molecule has 2 nitrogen and oxygen atoms in total. The predicted molar refractivity (Wildman–Crippen MR) is 49.0 cm³/mol. The van der Waals surface area contributed by atoms with Crippen LogP contribution in [0.1, 0.15) is 26.7 Å². The first kappa shape index (κ1) is 9.75. The maximum Gasteiger partial charge on any atom is 0.0836 e. The van der Waals surface area contributed by atoms with E-state index >= 15 is 0 Å². The van der Waals surface area contributed by atoms with Crippen molar-refractivity contribution in [2.24, 2.45) is 5.92 Å². The van der Waals surface area contributed by atoms with Crippen molar-refractivity contribution in [1.29, 1.82) is 0 Å². The molecule has 1 aliphatic heterocycles. The van der Waals surface area contributed by atoms with Crippen molar-refractivity contribution in [3.05, 3.63) is 12.7 Å². The summed E-state index contributed by atoms with van der Waals surface area (Å²) in [5.74, 6) is 0.242. The normalized spacial score (nSPS) is 38.1. The first-order chi connectivity index (χ1) is 5.61. The molecule has 0 bridgehead atoms. The predicted octanol–water partition coefficient (Wildman–Crippen LogP) is 1.74. The smallest absolute Gasteiger partial charge is 0.0836 e. The Balaban J connectivity index is 2.50. The highest BCUT2D eigenvalue weighted by atomic mass is 16.5. The average molecular weight is 170 g/mol. The van der Waals surface area contributed by atoms with Gasteiger partial charge in [0.25, 0.3) is 0 Å². The van der Waals surface area contributed by atoms with Crippen LogP contribution in [0.3, 0.4) is 0 Å². The lowest BCUT2D eigenvalue weighted by molar-refractivity contribution is -0.0305. The maximum atomic E-state index is 8.93. The summed E-state index contributed by atoms with van der Waals surface area (Å²) in [6.45, 7) is 8.01. The zero-order valence-electron chi connectivity index (χ0n) is 7.92. The molecular weight excluding hydrogens is 152 g/mol. The van der Waals surface area contributed by atoms with Crippen molar-refractivity contribution in [3.63, 3.8) is 0 Å². The van der Waals surface area contributed by atoms with E-state index in [1.807, 2.05) is 19.9 Å². The van der Waals surface area contributed by atoms with Gasteiger partial charge in [-0.3, -0.25) is 0 Å². The van der Waals surface area contributed by atoms with Gasteiger partial charge >= 0.3 is 0 Å². The topological polar surface area (TPSA) is 29.5 Å². The molecule has 12 heavy (non-hydrogen) atoms. The summed E-state index contributed by atoms with van der Waals surface area (Å²) in [6, 6.07) is 0. The lowest BCUT2D eigenvalue weighted by Crippen LogP contribution is -2.26. The molecule has 0 aromatic rings. The van der Waals surface area contributed by atoms with E-state index in [4.69, 9.17) is 9.84 Å². The second kappa shape index (κ2) is 3.58. The largest absolute Gasteiger partial charge is 0.396 e. The summed E-state index contributed by atoms with van der Waals surface area (Å²) in [4.78, 5) is 0. The summed E-state index contributed by atoms with van der Waals surface area (Å²) < 4.78 is 5.77. The van der Waals surface area contributed by atoms with E-state index < -0.39 is 0 Å². The first-order valence-electron chi connectivity index (χ1n) is 4.53. The van der Waals surface area contributed by atoms with Crippen molar-refractivity contribution in [2.45, 2.75) is 38.4 Å². The van der Waals surface area contributed by atoms with Gasteiger partial charge in [0.1, 0.15) is 0 Å². The number of aliphatic hydroxyl groups excluding tert-OH is 1. The van der Waals surface area contributed by atoms with Crippen molar-refractivity contribution < 1.29 is 9.84 Å². The molecule has 0 amide bonds. The van der Waals surface area contributed by atoms with E-state index in [-0.39, 0.29) is 24.2 Å². The fourth-order valence-electron chi connectivity index (χ4n) is 1.56. The molecule has 70 valence electrons. The van der Waals surface area contributed by atoms with Crippen LogP contribution in [0, 0.1) is 5.92 Å². The molecule has 1 fully saturated rings. The highest BCUT2D eigenvalue weighted by Crippen LogP contribution is 2.33. The van der Waals surface area contributed by atoms with Crippen LogP contribution in [0.2, 0.25) is 0 Å². The molecule has 1 saturated heterocycles. The maximum absolute atomic E-state index is 8.93. The van der Waals surface area contributed by atoms with Gasteiger partial charge in [0.15, 0.2) is 0 Å². The van der Waals surface area contributed by atoms with Crippen molar-refractivity contribution in [3.8, 4) is 0 Å². The number of ether oxygens (including phenoxy) is 1. The molecule has 3 atom stereocenters. The minimum atomic E-state index is -0.159. The van der Waals surface area contributed by atoms with Crippen molar-refractivity contribution >= 4 is 0 Å².